The van der Waals surface area contributed by atoms with E-state index in [2.05, 4.69) is 0 Å². The average Bonchev–Trinajstić information content (AvgIpc) is 2.91. The summed E-state index contributed by atoms with van der Waals surface area (Å²) in [7, 11) is 0. The first-order chi connectivity index (χ1) is 19.4. The maximum Gasteiger partial charge on any atom is 0.307 e. The monoisotopic (exact) mass is 579 g/mol. The van der Waals surface area contributed by atoms with Crippen molar-refractivity contribution >= 4 is 29.4 Å². The smallest absolute Gasteiger partial charge is 0.307 e. The molecule has 1 heterocycles. The van der Waals surface area contributed by atoms with Gasteiger partial charge < -0.3 is 15.1 Å². The van der Waals surface area contributed by atoms with Gasteiger partial charge in [-0.2, -0.15) is 0 Å². The lowest BCUT2D eigenvalue weighted by molar-refractivity contribution is -0.147. The van der Waals surface area contributed by atoms with Gasteiger partial charge in [0.2, 0.25) is 5.91 Å². The Morgan fingerprint density at radius 1 is 0.659 bits per heavy atom. The zero-order chi connectivity index (χ0) is 30.7. The minimum absolute atomic E-state index is 0.101. The summed E-state index contributed by atoms with van der Waals surface area (Å²) < 4.78 is 0. The number of hydrogen-bond donors (Lipinski definition) is 2. The van der Waals surface area contributed by atoms with Gasteiger partial charge >= 0.3 is 11.9 Å². The van der Waals surface area contributed by atoms with Crippen molar-refractivity contribution in [3.8, 4) is 0 Å². The summed E-state index contributed by atoms with van der Waals surface area (Å²) in [4.78, 5) is 61.7. The summed E-state index contributed by atoms with van der Waals surface area (Å²) in [5, 5.41) is 18.2. The van der Waals surface area contributed by atoms with Crippen LogP contribution >= 0.6 is 0 Å². The van der Waals surface area contributed by atoms with Gasteiger partial charge in [-0.1, -0.05) is 97.8 Å². The van der Waals surface area contributed by atoms with Crippen molar-refractivity contribution in [2.45, 2.75) is 149 Å². The van der Waals surface area contributed by atoms with Crippen molar-refractivity contribution in [2.75, 3.05) is 13.1 Å². The third-order valence-electron chi connectivity index (χ3n) is 8.40. The van der Waals surface area contributed by atoms with Crippen LogP contribution in [0.2, 0.25) is 0 Å². The second-order valence-corrected chi connectivity index (χ2v) is 13.1. The number of rotatable bonds is 23. The minimum atomic E-state index is -1.10. The van der Waals surface area contributed by atoms with Crippen LogP contribution in [-0.2, 0) is 24.0 Å². The molecule has 0 aromatic rings. The lowest BCUT2D eigenvalue weighted by Crippen LogP contribution is -2.40. The molecule has 1 fully saturated rings. The molecule has 0 saturated carbocycles. The Labute approximate surface area is 248 Å². The van der Waals surface area contributed by atoms with Crippen LogP contribution in [0.4, 0.5) is 0 Å². The molecule has 0 unspecified atom stereocenters. The van der Waals surface area contributed by atoms with Crippen molar-refractivity contribution in [2.24, 2.45) is 17.3 Å². The molecule has 1 rings (SSSR count). The maximum absolute atomic E-state index is 12.8. The Balaban J connectivity index is 2.07. The van der Waals surface area contributed by atoms with Gasteiger partial charge in [0, 0.05) is 50.1 Å². The lowest BCUT2D eigenvalue weighted by Gasteiger charge is -2.32. The first kappa shape index (κ1) is 36.8. The van der Waals surface area contributed by atoms with E-state index in [1.807, 2.05) is 4.90 Å². The summed E-state index contributed by atoms with van der Waals surface area (Å²) >= 11 is 0. The van der Waals surface area contributed by atoms with Gasteiger partial charge in [0.25, 0.3) is 0 Å². The number of nitrogens with zero attached hydrogens (tertiary/aromatic N) is 1. The number of carboxylic acids is 2. The second kappa shape index (κ2) is 20.6. The first-order valence-electron chi connectivity index (χ1n) is 16.2. The Bertz CT molecular complexity index is 809. The third kappa shape index (κ3) is 17.3. The van der Waals surface area contributed by atoms with E-state index in [9.17, 15) is 29.1 Å². The van der Waals surface area contributed by atoms with Crippen LogP contribution in [0.3, 0.4) is 0 Å². The number of ketones is 2. The summed E-state index contributed by atoms with van der Waals surface area (Å²) in [6.45, 7) is 6.35. The summed E-state index contributed by atoms with van der Waals surface area (Å²) in [6.07, 6.45) is 17.8. The number of amides is 1. The Hall–Kier alpha value is -2.25. The maximum atomic E-state index is 12.8. The van der Waals surface area contributed by atoms with Crippen molar-refractivity contribution in [3.05, 3.63) is 0 Å². The summed E-state index contributed by atoms with van der Waals surface area (Å²) in [5.74, 6) is -3.11. The first-order valence-corrected chi connectivity index (χ1v) is 16.2. The minimum Gasteiger partial charge on any atom is -0.481 e. The molecule has 0 aromatic heterocycles. The molecule has 0 bridgehead atoms. The summed E-state index contributed by atoms with van der Waals surface area (Å²) in [6, 6.07) is 0. The molecule has 0 aromatic carbocycles. The quantitative estimate of drug-likeness (QED) is 0.122. The van der Waals surface area contributed by atoms with E-state index in [-0.39, 0.29) is 36.2 Å². The molecular formula is C33H57NO7. The van der Waals surface area contributed by atoms with E-state index >= 15 is 0 Å². The average molecular weight is 580 g/mol. The Kier molecular flexibility index (Phi) is 18.5. The molecule has 8 heteroatoms. The fourth-order valence-electron chi connectivity index (χ4n) is 5.47. The van der Waals surface area contributed by atoms with E-state index in [4.69, 9.17) is 5.11 Å². The standard InChI is InChI=1S/C33H57NO7/c1-33(2,3)29(36)25-27(32(40)41)24-28(35)26-20-22-34(23-21-26)30(37)18-16-14-12-10-8-6-4-5-7-9-11-13-15-17-19-31(38)39/h26-27H,4-25H2,1-3H3,(H,38,39)(H,40,41)/t27-/m1/s1. The molecule has 1 atom stereocenters. The molecular weight excluding hydrogens is 522 g/mol. The molecule has 236 valence electrons. The molecule has 1 aliphatic rings. The SMILES string of the molecule is CC(C)(C)C(=O)C[C@@H](CC(=O)C1CCN(C(=O)CCCCCCCCCCCCCCCCC(=O)O)CC1)C(=O)O. The molecule has 1 aliphatic heterocycles. The van der Waals surface area contributed by atoms with Gasteiger partial charge in [0.1, 0.15) is 11.6 Å². The predicted octanol–water partition coefficient (Wildman–Crippen LogP) is 7.22. The van der Waals surface area contributed by atoms with Gasteiger partial charge in [-0.25, -0.2) is 0 Å². The van der Waals surface area contributed by atoms with Gasteiger partial charge in [-0.3, -0.25) is 24.0 Å². The zero-order valence-electron chi connectivity index (χ0n) is 26.1. The van der Waals surface area contributed by atoms with Crippen molar-refractivity contribution in [1.82, 2.24) is 4.90 Å². The van der Waals surface area contributed by atoms with E-state index in [0.29, 0.717) is 38.8 Å². The lowest BCUT2D eigenvalue weighted by atomic mass is 9.81. The molecule has 0 spiro atoms. The normalized spacial score (nSPS) is 15.0. The number of carbonyl (C=O) groups excluding carboxylic acids is 3. The zero-order valence-corrected chi connectivity index (χ0v) is 26.1. The van der Waals surface area contributed by atoms with E-state index in [1.54, 1.807) is 20.8 Å². The van der Waals surface area contributed by atoms with Crippen LogP contribution in [0.15, 0.2) is 0 Å². The van der Waals surface area contributed by atoms with E-state index in [1.165, 1.54) is 51.4 Å². The number of carbonyl (C=O) groups is 5. The van der Waals surface area contributed by atoms with Crippen LogP contribution in [0.5, 0.6) is 0 Å². The highest BCUT2D eigenvalue weighted by atomic mass is 16.4. The van der Waals surface area contributed by atoms with Crippen molar-refractivity contribution in [1.29, 1.82) is 0 Å². The van der Waals surface area contributed by atoms with Crippen LogP contribution in [0.25, 0.3) is 0 Å². The number of piperidine rings is 1. The highest BCUT2D eigenvalue weighted by molar-refractivity contribution is 5.91. The molecule has 2 N–H and O–H groups in total. The topological polar surface area (TPSA) is 129 Å². The third-order valence-corrected chi connectivity index (χ3v) is 8.40. The highest BCUT2D eigenvalue weighted by Crippen LogP contribution is 2.26. The molecule has 1 saturated heterocycles. The number of aliphatic carboxylic acids is 2. The molecule has 0 radical (unpaired) electrons. The largest absolute Gasteiger partial charge is 0.481 e. The van der Waals surface area contributed by atoms with Gasteiger partial charge in [0.15, 0.2) is 0 Å². The number of carboxylic acid groups (broad SMARTS) is 2. The van der Waals surface area contributed by atoms with Crippen LogP contribution in [-0.4, -0.2) is 57.6 Å². The molecule has 0 aliphatic carbocycles. The van der Waals surface area contributed by atoms with E-state index < -0.39 is 23.3 Å². The number of Topliss-reactive ketones (excluding diaryl/α,β-unsaturated/α-hetero) is 2. The Morgan fingerprint density at radius 2 is 1.07 bits per heavy atom. The number of likely N-dealkylation sites (tertiary alicyclic amines) is 1. The van der Waals surface area contributed by atoms with Gasteiger partial charge in [0.05, 0.1) is 5.92 Å². The predicted molar refractivity (Wildman–Crippen MR) is 161 cm³/mol. The van der Waals surface area contributed by atoms with Gasteiger partial charge in [-0.05, 0) is 25.7 Å². The molecule has 1 amide bonds. The van der Waals surface area contributed by atoms with Crippen molar-refractivity contribution in [3.63, 3.8) is 0 Å². The second-order valence-electron chi connectivity index (χ2n) is 13.1. The summed E-state index contributed by atoms with van der Waals surface area (Å²) in [5.41, 5.74) is -0.628. The van der Waals surface area contributed by atoms with Gasteiger partial charge in [-0.15, -0.1) is 0 Å². The van der Waals surface area contributed by atoms with Crippen LogP contribution in [0, 0.1) is 17.3 Å². The fourth-order valence-corrected chi connectivity index (χ4v) is 5.47. The number of unbranched alkanes of at least 4 members (excludes halogenated alkanes) is 13. The van der Waals surface area contributed by atoms with Crippen LogP contribution in [0.1, 0.15) is 149 Å². The molecule has 8 nitrogen and oxygen atoms in total. The molecule has 41 heavy (non-hydrogen) atoms. The highest BCUT2D eigenvalue weighted by Gasteiger charge is 2.33. The Morgan fingerprint density at radius 3 is 1.46 bits per heavy atom. The number of hydrogen-bond acceptors (Lipinski definition) is 5. The van der Waals surface area contributed by atoms with E-state index in [0.717, 1.165) is 38.5 Å². The fraction of sp³-hybridized carbons (Fsp3) is 0.848. The van der Waals surface area contributed by atoms with Crippen molar-refractivity contribution < 1.29 is 34.2 Å². The van der Waals surface area contributed by atoms with Crippen LogP contribution < -0.4 is 0 Å².